The van der Waals surface area contributed by atoms with Crippen molar-refractivity contribution in [2.75, 3.05) is 66.1 Å². The zero-order chi connectivity index (χ0) is 16.1. The second kappa shape index (κ2) is 20.4. The highest BCUT2D eigenvalue weighted by molar-refractivity contribution is 4.82. The van der Waals surface area contributed by atoms with Gasteiger partial charge < -0.3 is 23.7 Å². The minimum absolute atomic E-state index is 0.333. The van der Waals surface area contributed by atoms with E-state index >= 15 is 0 Å². The molecule has 0 atom stereocenters. The van der Waals surface area contributed by atoms with Gasteiger partial charge in [0, 0.05) is 6.61 Å². The van der Waals surface area contributed by atoms with E-state index in [1.54, 1.807) is 0 Å². The highest BCUT2D eigenvalue weighted by Gasteiger charge is 1.93. The molecule has 0 fully saturated rings. The third-order valence-electron chi connectivity index (χ3n) is 2.82. The van der Waals surface area contributed by atoms with Crippen molar-refractivity contribution >= 4 is 0 Å². The quantitative estimate of drug-likeness (QED) is 0.287. The molecule has 0 spiro atoms. The van der Waals surface area contributed by atoms with Gasteiger partial charge in [0.1, 0.15) is 6.61 Å². The molecular formula is C17H32O5. The Bertz CT molecular complexity index is 240. The molecule has 0 radical (unpaired) electrons. The average molecular weight is 316 g/mol. The molecule has 0 bridgehead atoms. The minimum atomic E-state index is 0.333. The van der Waals surface area contributed by atoms with Crippen LogP contribution in [0, 0.1) is 12.3 Å². The Hall–Kier alpha value is -0.640. The summed E-state index contributed by atoms with van der Waals surface area (Å²) in [5, 5.41) is 0. The average Bonchev–Trinajstić information content (AvgIpc) is 2.54. The molecule has 0 aromatic carbocycles. The Kier molecular flexibility index (Phi) is 19.8. The third-order valence-corrected chi connectivity index (χ3v) is 2.82. The van der Waals surface area contributed by atoms with Gasteiger partial charge in [-0.05, 0) is 6.42 Å². The van der Waals surface area contributed by atoms with Crippen molar-refractivity contribution in [1.82, 2.24) is 0 Å². The Morgan fingerprint density at radius 1 is 0.591 bits per heavy atom. The SMILES string of the molecule is C#CCOCCOCCOCCOCCOCCCCCC. The van der Waals surface area contributed by atoms with E-state index in [9.17, 15) is 0 Å². The van der Waals surface area contributed by atoms with Gasteiger partial charge in [0.2, 0.25) is 0 Å². The first-order chi connectivity index (χ1) is 10.9. The standard InChI is InChI=1S/C17H32O5/c1-3-5-6-7-9-19-11-13-21-15-17-22-16-14-20-12-10-18-8-4-2/h2H,3,5-17H2,1H3. The van der Waals surface area contributed by atoms with Crippen molar-refractivity contribution in [3.63, 3.8) is 0 Å². The fourth-order valence-electron chi connectivity index (χ4n) is 1.64. The lowest BCUT2D eigenvalue weighted by Gasteiger charge is -2.07. The van der Waals surface area contributed by atoms with E-state index < -0.39 is 0 Å². The summed E-state index contributed by atoms with van der Waals surface area (Å²) in [6.07, 6.45) is 9.99. The molecule has 0 amide bonds. The molecule has 5 nitrogen and oxygen atoms in total. The number of terminal acetylenes is 1. The molecule has 0 heterocycles. The summed E-state index contributed by atoms with van der Waals surface area (Å²) in [4.78, 5) is 0. The first kappa shape index (κ1) is 21.4. The maximum Gasteiger partial charge on any atom is 0.107 e. The molecule has 0 aromatic heterocycles. The zero-order valence-electron chi connectivity index (χ0n) is 14.0. The van der Waals surface area contributed by atoms with Crippen LogP contribution in [0.4, 0.5) is 0 Å². The molecule has 0 aromatic rings. The van der Waals surface area contributed by atoms with Crippen molar-refractivity contribution in [3.05, 3.63) is 0 Å². The molecule has 22 heavy (non-hydrogen) atoms. The van der Waals surface area contributed by atoms with Crippen LogP contribution in [0.1, 0.15) is 32.6 Å². The van der Waals surface area contributed by atoms with Crippen LogP contribution in [0.25, 0.3) is 0 Å². The summed E-state index contributed by atoms with van der Waals surface area (Å²) in [5.74, 6) is 2.40. The van der Waals surface area contributed by atoms with E-state index in [1.807, 2.05) is 0 Å². The van der Waals surface area contributed by atoms with Crippen LogP contribution in [0.3, 0.4) is 0 Å². The topological polar surface area (TPSA) is 46.2 Å². The normalized spacial score (nSPS) is 10.7. The van der Waals surface area contributed by atoms with Gasteiger partial charge in [-0.3, -0.25) is 0 Å². The molecule has 130 valence electrons. The van der Waals surface area contributed by atoms with Gasteiger partial charge in [-0.1, -0.05) is 32.1 Å². The number of unbranched alkanes of at least 4 members (excludes halogenated alkanes) is 3. The van der Waals surface area contributed by atoms with Crippen LogP contribution in [-0.4, -0.2) is 66.1 Å². The van der Waals surface area contributed by atoms with E-state index in [2.05, 4.69) is 12.8 Å². The van der Waals surface area contributed by atoms with Crippen molar-refractivity contribution in [2.45, 2.75) is 32.6 Å². The molecule has 5 heteroatoms. The van der Waals surface area contributed by atoms with E-state index in [-0.39, 0.29) is 0 Å². The molecule has 0 saturated carbocycles. The lowest BCUT2D eigenvalue weighted by Crippen LogP contribution is -2.13. The first-order valence-corrected chi connectivity index (χ1v) is 8.24. The van der Waals surface area contributed by atoms with Crippen LogP contribution in [0.2, 0.25) is 0 Å². The largest absolute Gasteiger partial charge is 0.379 e. The van der Waals surface area contributed by atoms with Gasteiger partial charge in [-0.15, -0.1) is 6.42 Å². The molecule has 0 aliphatic carbocycles. The van der Waals surface area contributed by atoms with Crippen molar-refractivity contribution < 1.29 is 23.7 Å². The van der Waals surface area contributed by atoms with Crippen LogP contribution >= 0.6 is 0 Å². The van der Waals surface area contributed by atoms with Crippen molar-refractivity contribution in [2.24, 2.45) is 0 Å². The fourth-order valence-corrected chi connectivity index (χ4v) is 1.64. The minimum Gasteiger partial charge on any atom is -0.379 e. The highest BCUT2D eigenvalue weighted by Crippen LogP contribution is 1.98. The number of hydrogen-bond acceptors (Lipinski definition) is 5. The first-order valence-electron chi connectivity index (χ1n) is 8.24. The van der Waals surface area contributed by atoms with E-state index in [0.717, 1.165) is 13.0 Å². The van der Waals surface area contributed by atoms with Gasteiger partial charge in [0.15, 0.2) is 0 Å². The molecule has 0 rings (SSSR count). The summed E-state index contributed by atoms with van der Waals surface area (Å²) in [6.45, 7) is 8.00. The lowest BCUT2D eigenvalue weighted by atomic mass is 10.2. The Labute approximate surface area is 135 Å². The summed E-state index contributed by atoms with van der Waals surface area (Å²) in [7, 11) is 0. The van der Waals surface area contributed by atoms with E-state index in [1.165, 1.54) is 19.3 Å². The molecule has 0 aliphatic heterocycles. The van der Waals surface area contributed by atoms with E-state index in [4.69, 9.17) is 30.1 Å². The van der Waals surface area contributed by atoms with Crippen LogP contribution in [-0.2, 0) is 23.7 Å². The summed E-state index contributed by atoms with van der Waals surface area (Å²) >= 11 is 0. The van der Waals surface area contributed by atoms with Gasteiger partial charge >= 0.3 is 0 Å². The maximum absolute atomic E-state index is 5.47. The van der Waals surface area contributed by atoms with Crippen molar-refractivity contribution in [3.8, 4) is 12.3 Å². The number of hydrogen-bond donors (Lipinski definition) is 0. The monoisotopic (exact) mass is 316 g/mol. The van der Waals surface area contributed by atoms with Crippen molar-refractivity contribution in [1.29, 1.82) is 0 Å². The molecule has 0 N–H and O–H groups in total. The van der Waals surface area contributed by atoms with E-state index in [0.29, 0.717) is 59.5 Å². The molecule has 0 unspecified atom stereocenters. The number of ether oxygens (including phenoxy) is 5. The lowest BCUT2D eigenvalue weighted by molar-refractivity contribution is -0.00935. The molecular weight excluding hydrogens is 284 g/mol. The smallest absolute Gasteiger partial charge is 0.107 e. The van der Waals surface area contributed by atoms with Crippen LogP contribution < -0.4 is 0 Å². The van der Waals surface area contributed by atoms with Crippen LogP contribution in [0.15, 0.2) is 0 Å². The second-order valence-electron chi connectivity index (χ2n) is 4.77. The maximum atomic E-state index is 5.47. The summed E-state index contributed by atoms with van der Waals surface area (Å²) < 4.78 is 26.6. The Balaban J connectivity index is 2.93. The van der Waals surface area contributed by atoms with Crippen LogP contribution in [0.5, 0.6) is 0 Å². The third kappa shape index (κ3) is 19.4. The predicted octanol–water partition coefficient (Wildman–Crippen LogP) is 2.28. The number of rotatable bonds is 18. The van der Waals surface area contributed by atoms with Gasteiger partial charge in [-0.2, -0.15) is 0 Å². The summed E-state index contributed by atoms with van der Waals surface area (Å²) in [5.41, 5.74) is 0. The summed E-state index contributed by atoms with van der Waals surface area (Å²) in [6, 6.07) is 0. The zero-order valence-corrected chi connectivity index (χ0v) is 14.0. The second-order valence-corrected chi connectivity index (χ2v) is 4.77. The molecule has 0 saturated heterocycles. The van der Waals surface area contributed by atoms with Gasteiger partial charge in [0.25, 0.3) is 0 Å². The van der Waals surface area contributed by atoms with Gasteiger partial charge in [0.05, 0.1) is 52.9 Å². The highest BCUT2D eigenvalue weighted by atomic mass is 16.6. The fraction of sp³-hybridized carbons (Fsp3) is 0.882. The van der Waals surface area contributed by atoms with Gasteiger partial charge in [-0.25, -0.2) is 0 Å². The predicted molar refractivity (Wildman–Crippen MR) is 87.1 cm³/mol. The molecule has 0 aliphatic rings. The Morgan fingerprint density at radius 3 is 1.50 bits per heavy atom. The Morgan fingerprint density at radius 2 is 1.05 bits per heavy atom.